The van der Waals surface area contributed by atoms with Gasteiger partial charge in [-0.1, -0.05) is 6.08 Å². The molecule has 2 nitrogen and oxygen atoms in total. The van der Waals surface area contributed by atoms with Gasteiger partial charge in [-0.2, -0.15) is 0 Å². The van der Waals surface area contributed by atoms with Crippen molar-refractivity contribution in [2.24, 2.45) is 5.73 Å². The number of nitrogens with two attached hydrogens (primary N) is 1. The number of ether oxygens (including phenoxy) is 1. The summed E-state index contributed by atoms with van der Waals surface area (Å²) in [5, 5.41) is 0. The molecule has 0 saturated heterocycles. The Bertz CT molecular complexity index is 121. The molecule has 0 aliphatic heterocycles. The van der Waals surface area contributed by atoms with Crippen molar-refractivity contribution >= 4 is 0 Å². The Hall–Kier alpha value is -0.340. The molecule has 0 aliphatic carbocycles. The van der Waals surface area contributed by atoms with Gasteiger partial charge in [-0.05, 0) is 27.2 Å². The molecule has 0 aromatic rings. The smallest absolute Gasteiger partial charge is 0.0779 e. The highest BCUT2D eigenvalue weighted by atomic mass is 16.5. The monoisotopic (exact) mass is 157 g/mol. The molecule has 2 heteroatoms. The van der Waals surface area contributed by atoms with Crippen molar-refractivity contribution in [2.45, 2.75) is 38.8 Å². The zero-order chi connectivity index (χ0) is 8.91. The summed E-state index contributed by atoms with van der Waals surface area (Å²) in [5.74, 6) is 0. The summed E-state index contributed by atoms with van der Waals surface area (Å²) in [7, 11) is 0. The first-order valence-electron chi connectivity index (χ1n) is 4.05. The summed E-state index contributed by atoms with van der Waals surface area (Å²) in [5.41, 5.74) is 5.62. The first-order chi connectivity index (χ1) is 5.04. The molecule has 0 aromatic carbocycles. The maximum absolute atomic E-state index is 5.85. The minimum Gasteiger partial charge on any atom is -0.374 e. The minimum absolute atomic E-state index is 0.0416. The Labute approximate surface area is 69.4 Å². The van der Waals surface area contributed by atoms with Crippen LogP contribution in [0.15, 0.2) is 12.7 Å². The molecule has 0 fully saturated rings. The van der Waals surface area contributed by atoms with Gasteiger partial charge < -0.3 is 10.5 Å². The second kappa shape index (κ2) is 4.52. The summed E-state index contributed by atoms with van der Waals surface area (Å²) < 4.78 is 5.47. The predicted molar refractivity (Wildman–Crippen MR) is 48.5 cm³/mol. The van der Waals surface area contributed by atoms with Crippen LogP contribution in [-0.4, -0.2) is 18.2 Å². The average molecular weight is 157 g/mol. The third-order valence-electron chi connectivity index (χ3n) is 1.83. The summed E-state index contributed by atoms with van der Waals surface area (Å²) in [4.78, 5) is 0. The normalized spacial score (nSPS) is 14.5. The summed E-state index contributed by atoms with van der Waals surface area (Å²) in [6, 6.07) is 0.0416. The van der Waals surface area contributed by atoms with Crippen molar-refractivity contribution in [1.29, 1.82) is 0 Å². The van der Waals surface area contributed by atoms with Crippen molar-refractivity contribution in [2.75, 3.05) is 6.61 Å². The maximum Gasteiger partial charge on any atom is 0.0779 e. The number of rotatable bonds is 5. The van der Waals surface area contributed by atoms with E-state index in [9.17, 15) is 0 Å². The average Bonchev–Trinajstić information content (AvgIpc) is 1.88. The second-order valence-electron chi connectivity index (χ2n) is 3.17. The predicted octanol–water partition coefficient (Wildman–Crippen LogP) is 1.70. The lowest BCUT2D eigenvalue weighted by Gasteiger charge is -2.30. The van der Waals surface area contributed by atoms with Crippen LogP contribution < -0.4 is 5.73 Å². The Balaban J connectivity index is 3.93. The Morgan fingerprint density at radius 1 is 1.64 bits per heavy atom. The van der Waals surface area contributed by atoms with Gasteiger partial charge in [-0.25, -0.2) is 0 Å². The van der Waals surface area contributed by atoms with Crippen molar-refractivity contribution in [3.8, 4) is 0 Å². The zero-order valence-electron chi connectivity index (χ0n) is 7.76. The van der Waals surface area contributed by atoms with Gasteiger partial charge in [0.1, 0.15) is 0 Å². The molecule has 11 heavy (non-hydrogen) atoms. The lowest BCUT2D eigenvalue weighted by Crippen LogP contribution is -2.45. The van der Waals surface area contributed by atoms with Crippen LogP contribution in [0.4, 0.5) is 0 Å². The molecule has 2 N–H and O–H groups in total. The fourth-order valence-corrected chi connectivity index (χ4v) is 0.942. The van der Waals surface area contributed by atoms with Gasteiger partial charge in [0.2, 0.25) is 0 Å². The first-order valence-corrected chi connectivity index (χ1v) is 4.05. The minimum atomic E-state index is -0.233. The highest BCUT2D eigenvalue weighted by Crippen LogP contribution is 2.15. The van der Waals surface area contributed by atoms with E-state index in [1.165, 1.54) is 0 Å². The van der Waals surface area contributed by atoms with Crippen molar-refractivity contribution in [1.82, 2.24) is 0 Å². The van der Waals surface area contributed by atoms with E-state index >= 15 is 0 Å². The van der Waals surface area contributed by atoms with Crippen LogP contribution in [0.2, 0.25) is 0 Å². The molecule has 0 heterocycles. The van der Waals surface area contributed by atoms with Crippen LogP contribution in [0.3, 0.4) is 0 Å². The molecule has 0 rings (SSSR count). The van der Waals surface area contributed by atoms with Crippen molar-refractivity contribution < 1.29 is 4.74 Å². The van der Waals surface area contributed by atoms with Crippen molar-refractivity contribution in [3.63, 3.8) is 0 Å². The molecule has 0 spiro atoms. The molecule has 1 atom stereocenters. The number of hydrogen-bond acceptors (Lipinski definition) is 2. The van der Waals surface area contributed by atoms with Gasteiger partial charge in [0.25, 0.3) is 0 Å². The molecule has 66 valence electrons. The lowest BCUT2D eigenvalue weighted by atomic mass is 9.96. The summed E-state index contributed by atoms with van der Waals surface area (Å²) >= 11 is 0. The molecule has 0 aromatic heterocycles. The third-order valence-corrected chi connectivity index (χ3v) is 1.83. The third kappa shape index (κ3) is 3.54. The Morgan fingerprint density at radius 2 is 2.18 bits per heavy atom. The van der Waals surface area contributed by atoms with Crippen LogP contribution in [0.25, 0.3) is 0 Å². The quantitative estimate of drug-likeness (QED) is 0.616. The zero-order valence-corrected chi connectivity index (χ0v) is 7.76. The van der Waals surface area contributed by atoms with E-state index in [1.807, 2.05) is 26.8 Å². The molecule has 0 bridgehead atoms. The molecule has 0 aliphatic rings. The molecule has 1 unspecified atom stereocenters. The highest BCUT2D eigenvalue weighted by Gasteiger charge is 2.25. The molecular weight excluding hydrogens is 138 g/mol. The summed E-state index contributed by atoms with van der Waals surface area (Å²) in [6.07, 6.45) is 2.62. The van der Waals surface area contributed by atoms with Gasteiger partial charge in [0.15, 0.2) is 0 Å². The van der Waals surface area contributed by atoms with E-state index in [0.29, 0.717) is 6.61 Å². The van der Waals surface area contributed by atoms with Gasteiger partial charge in [-0.3, -0.25) is 0 Å². The van der Waals surface area contributed by atoms with E-state index in [1.54, 1.807) is 0 Å². The topological polar surface area (TPSA) is 35.2 Å². The fraction of sp³-hybridized carbons (Fsp3) is 0.778. The van der Waals surface area contributed by atoms with Gasteiger partial charge in [-0.15, -0.1) is 6.58 Å². The van der Waals surface area contributed by atoms with E-state index in [0.717, 1.165) is 6.42 Å². The van der Waals surface area contributed by atoms with Gasteiger partial charge >= 0.3 is 0 Å². The van der Waals surface area contributed by atoms with Crippen LogP contribution in [0.5, 0.6) is 0 Å². The van der Waals surface area contributed by atoms with Crippen LogP contribution in [0.1, 0.15) is 27.2 Å². The maximum atomic E-state index is 5.85. The SMILES string of the molecule is C=CCC(N)C(C)(C)OCC. The molecule has 0 radical (unpaired) electrons. The molecule has 0 amide bonds. The summed E-state index contributed by atoms with van der Waals surface area (Å²) in [6.45, 7) is 10.3. The van der Waals surface area contributed by atoms with Crippen LogP contribution in [0, 0.1) is 0 Å². The van der Waals surface area contributed by atoms with E-state index in [2.05, 4.69) is 6.58 Å². The van der Waals surface area contributed by atoms with Crippen LogP contribution >= 0.6 is 0 Å². The molecule has 0 saturated carbocycles. The number of hydrogen-bond donors (Lipinski definition) is 1. The fourth-order valence-electron chi connectivity index (χ4n) is 0.942. The first kappa shape index (κ1) is 10.7. The Morgan fingerprint density at radius 3 is 2.55 bits per heavy atom. The van der Waals surface area contributed by atoms with E-state index < -0.39 is 0 Å². The van der Waals surface area contributed by atoms with Gasteiger partial charge in [0.05, 0.1) is 5.60 Å². The lowest BCUT2D eigenvalue weighted by molar-refractivity contribution is -0.0282. The Kier molecular flexibility index (Phi) is 4.38. The van der Waals surface area contributed by atoms with E-state index in [4.69, 9.17) is 10.5 Å². The standard InChI is InChI=1S/C9H19NO/c1-5-7-8(10)9(3,4)11-6-2/h5,8H,1,6-7,10H2,2-4H3. The molecular formula is C9H19NO. The van der Waals surface area contributed by atoms with Gasteiger partial charge in [0, 0.05) is 12.6 Å². The van der Waals surface area contributed by atoms with Crippen molar-refractivity contribution in [3.05, 3.63) is 12.7 Å². The second-order valence-corrected chi connectivity index (χ2v) is 3.17. The van der Waals surface area contributed by atoms with E-state index in [-0.39, 0.29) is 11.6 Å². The highest BCUT2D eigenvalue weighted by molar-refractivity contribution is 4.88. The van der Waals surface area contributed by atoms with Crippen LogP contribution in [-0.2, 0) is 4.74 Å². The largest absolute Gasteiger partial charge is 0.374 e.